The third-order valence-corrected chi connectivity index (χ3v) is 5.62. The number of nitrogens with zero attached hydrogens (tertiary/aromatic N) is 2. The zero-order valence-electron chi connectivity index (χ0n) is 17.6. The topological polar surface area (TPSA) is 25.8 Å². The average molecular weight is 401 g/mol. The molecule has 0 radical (unpaired) electrons. The van der Waals surface area contributed by atoms with Crippen LogP contribution >= 0.6 is 0 Å². The van der Waals surface area contributed by atoms with Gasteiger partial charge in [0.05, 0.1) is 11.4 Å². The van der Waals surface area contributed by atoms with E-state index in [0.29, 0.717) is 0 Å². The SMILES string of the molecule is CC1=CC(c2cccc(-c3cc(-c4ccccc4)nc(-c4ccccc4)n3)c2)=CCC1. The summed E-state index contributed by atoms with van der Waals surface area (Å²) in [5.74, 6) is 0.745. The Hall–Kier alpha value is -3.78. The normalized spacial score (nSPS) is 13.5. The number of benzene rings is 3. The highest BCUT2D eigenvalue weighted by Gasteiger charge is 2.12. The van der Waals surface area contributed by atoms with Gasteiger partial charge in [0.15, 0.2) is 5.82 Å². The molecule has 31 heavy (non-hydrogen) atoms. The van der Waals surface area contributed by atoms with Gasteiger partial charge in [-0.2, -0.15) is 0 Å². The van der Waals surface area contributed by atoms with Crippen LogP contribution < -0.4 is 0 Å². The van der Waals surface area contributed by atoms with E-state index in [1.165, 1.54) is 16.7 Å². The van der Waals surface area contributed by atoms with Crippen LogP contribution in [0.3, 0.4) is 0 Å². The molecule has 2 heteroatoms. The lowest BCUT2D eigenvalue weighted by Gasteiger charge is -2.13. The zero-order valence-corrected chi connectivity index (χ0v) is 17.6. The van der Waals surface area contributed by atoms with Crippen LogP contribution in [0.25, 0.3) is 39.5 Å². The molecule has 0 fully saturated rings. The minimum Gasteiger partial charge on any atom is -0.228 e. The van der Waals surface area contributed by atoms with E-state index in [0.717, 1.165) is 46.7 Å². The van der Waals surface area contributed by atoms with Gasteiger partial charge in [-0.1, -0.05) is 96.6 Å². The molecule has 1 aliphatic carbocycles. The first-order chi connectivity index (χ1) is 15.3. The van der Waals surface area contributed by atoms with Crippen molar-refractivity contribution in [1.29, 1.82) is 0 Å². The van der Waals surface area contributed by atoms with Gasteiger partial charge in [0.1, 0.15) is 0 Å². The van der Waals surface area contributed by atoms with E-state index >= 15 is 0 Å². The Bertz CT molecular complexity index is 1210. The van der Waals surface area contributed by atoms with E-state index in [1.54, 1.807) is 0 Å². The van der Waals surface area contributed by atoms with E-state index in [4.69, 9.17) is 9.97 Å². The van der Waals surface area contributed by atoms with E-state index in [-0.39, 0.29) is 0 Å². The summed E-state index contributed by atoms with van der Waals surface area (Å²) in [5, 5.41) is 0. The molecule has 5 rings (SSSR count). The number of hydrogen-bond acceptors (Lipinski definition) is 2. The molecule has 0 aliphatic heterocycles. The standard InChI is InChI=1S/C29H24N2/c1-21-10-8-15-24(18-21)25-16-9-17-26(19-25)28-20-27(22-11-4-2-5-12-22)30-29(31-28)23-13-6-3-7-14-23/h2-7,9,11-20H,8,10H2,1H3. The van der Waals surface area contributed by atoms with Crippen LogP contribution in [0.4, 0.5) is 0 Å². The van der Waals surface area contributed by atoms with Crippen molar-refractivity contribution in [1.82, 2.24) is 9.97 Å². The minimum absolute atomic E-state index is 0.745. The summed E-state index contributed by atoms with van der Waals surface area (Å²) in [4.78, 5) is 9.84. The Morgan fingerprint density at radius 2 is 1.23 bits per heavy atom. The summed E-state index contributed by atoms with van der Waals surface area (Å²) in [5.41, 5.74) is 9.05. The fraction of sp³-hybridized carbons (Fsp3) is 0.103. The second-order valence-electron chi connectivity index (χ2n) is 7.96. The molecule has 0 amide bonds. The second-order valence-corrected chi connectivity index (χ2v) is 7.96. The van der Waals surface area contributed by atoms with Crippen molar-refractivity contribution in [3.63, 3.8) is 0 Å². The molecular weight excluding hydrogens is 376 g/mol. The number of rotatable bonds is 4. The molecular formula is C29H24N2. The van der Waals surface area contributed by atoms with E-state index in [2.05, 4.69) is 73.7 Å². The highest BCUT2D eigenvalue weighted by atomic mass is 14.9. The molecule has 0 atom stereocenters. The molecule has 0 unspecified atom stereocenters. The predicted molar refractivity (Wildman–Crippen MR) is 129 cm³/mol. The first-order valence-electron chi connectivity index (χ1n) is 10.7. The first kappa shape index (κ1) is 19.2. The zero-order chi connectivity index (χ0) is 21.0. The van der Waals surface area contributed by atoms with Crippen LogP contribution in [-0.4, -0.2) is 9.97 Å². The summed E-state index contributed by atoms with van der Waals surface area (Å²) >= 11 is 0. The lowest BCUT2D eigenvalue weighted by molar-refractivity contribution is 0.966. The average Bonchev–Trinajstić information content (AvgIpc) is 2.85. The van der Waals surface area contributed by atoms with Crippen molar-refractivity contribution in [3.8, 4) is 33.9 Å². The van der Waals surface area contributed by atoms with Crippen molar-refractivity contribution in [2.75, 3.05) is 0 Å². The molecule has 0 saturated heterocycles. The predicted octanol–water partition coefficient (Wildman–Crippen LogP) is 7.60. The molecule has 150 valence electrons. The van der Waals surface area contributed by atoms with Gasteiger partial charge in [0.25, 0.3) is 0 Å². The van der Waals surface area contributed by atoms with Crippen LogP contribution in [-0.2, 0) is 0 Å². The van der Waals surface area contributed by atoms with Crippen LogP contribution in [0.15, 0.2) is 109 Å². The first-order valence-corrected chi connectivity index (χ1v) is 10.7. The molecule has 1 aliphatic rings. The van der Waals surface area contributed by atoms with E-state index in [9.17, 15) is 0 Å². The summed E-state index contributed by atoms with van der Waals surface area (Å²) in [7, 11) is 0. The quantitative estimate of drug-likeness (QED) is 0.352. The molecule has 0 N–H and O–H groups in total. The third-order valence-electron chi connectivity index (χ3n) is 5.62. The van der Waals surface area contributed by atoms with E-state index in [1.807, 2.05) is 36.4 Å². The van der Waals surface area contributed by atoms with E-state index < -0.39 is 0 Å². The fourth-order valence-electron chi connectivity index (χ4n) is 3.98. The van der Waals surface area contributed by atoms with Crippen molar-refractivity contribution < 1.29 is 0 Å². The van der Waals surface area contributed by atoms with Gasteiger partial charge in [-0.25, -0.2) is 9.97 Å². The molecule has 1 aromatic heterocycles. The van der Waals surface area contributed by atoms with Gasteiger partial charge in [0, 0.05) is 16.7 Å². The highest BCUT2D eigenvalue weighted by Crippen LogP contribution is 2.31. The fourth-order valence-corrected chi connectivity index (χ4v) is 3.98. The monoisotopic (exact) mass is 400 g/mol. The van der Waals surface area contributed by atoms with Crippen molar-refractivity contribution in [2.24, 2.45) is 0 Å². The highest BCUT2D eigenvalue weighted by molar-refractivity contribution is 5.79. The second kappa shape index (κ2) is 8.53. The number of allylic oxidation sites excluding steroid dienone is 4. The van der Waals surface area contributed by atoms with Gasteiger partial charge in [-0.05, 0) is 43.0 Å². The lowest BCUT2D eigenvalue weighted by Crippen LogP contribution is -1.96. The number of aromatic nitrogens is 2. The molecule has 0 bridgehead atoms. The summed E-state index contributed by atoms with van der Waals surface area (Å²) in [6.45, 7) is 2.21. The molecule has 1 heterocycles. The molecule has 2 nitrogen and oxygen atoms in total. The Labute approximate surface area is 183 Å². The Balaban J connectivity index is 1.64. The van der Waals surface area contributed by atoms with Crippen LogP contribution in [0, 0.1) is 0 Å². The van der Waals surface area contributed by atoms with Gasteiger partial charge in [-0.15, -0.1) is 0 Å². The van der Waals surface area contributed by atoms with Crippen LogP contribution in [0.5, 0.6) is 0 Å². The molecule has 4 aromatic rings. The van der Waals surface area contributed by atoms with Crippen molar-refractivity contribution in [3.05, 3.63) is 114 Å². The summed E-state index contributed by atoms with van der Waals surface area (Å²) in [6, 6.07) is 31.3. The molecule has 3 aromatic carbocycles. The Kier molecular flexibility index (Phi) is 5.28. The van der Waals surface area contributed by atoms with Crippen molar-refractivity contribution >= 4 is 5.57 Å². The minimum atomic E-state index is 0.745. The largest absolute Gasteiger partial charge is 0.228 e. The lowest BCUT2D eigenvalue weighted by atomic mass is 9.94. The summed E-state index contributed by atoms with van der Waals surface area (Å²) < 4.78 is 0. The van der Waals surface area contributed by atoms with Crippen LogP contribution in [0.2, 0.25) is 0 Å². The van der Waals surface area contributed by atoms with Gasteiger partial charge < -0.3 is 0 Å². The Morgan fingerprint density at radius 3 is 1.94 bits per heavy atom. The van der Waals surface area contributed by atoms with Gasteiger partial charge in [-0.3, -0.25) is 0 Å². The maximum atomic E-state index is 4.95. The van der Waals surface area contributed by atoms with Crippen molar-refractivity contribution in [2.45, 2.75) is 19.8 Å². The Morgan fingerprint density at radius 1 is 0.613 bits per heavy atom. The molecule has 0 spiro atoms. The van der Waals surface area contributed by atoms with Gasteiger partial charge in [0.2, 0.25) is 0 Å². The molecule has 0 saturated carbocycles. The smallest absolute Gasteiger partial charge is 0.160 e. The third kappa shape index (κ3) is 4.24. The maximum absolute atomic E-state index is 4.95. The van der Waals surface area contributed by atoms with Crippen LogP contribution in [0.1, 0.15) is 25.3 Å². The summed E-state index contributed by atoms with van der Waals surface area (Å²) in [6.07, 6.45) is 6.88. The van der Waals surface area contributed by atoms with Gasteiger partial charge >= 0.3 is 0 Å². The number of hydrogen-bond donors (Lipinski definition) is 0. The maximum Gasteiger partial charge on any atom is 0.160 e.